The number of hydrogen-bond donors (Lipinski definition) is 1. The van der Waals surface area contributed by atoms with Crippen molar-refractivity contribution in [2.24, 2.45) is 5.41 Å². The number of hydrogen-bond acceptors (Lipinski definition) is 2. The summed E-state index contributed by atoms with van der Waals surface area (Å²) < 4.78 is 33.3. The fraction of sp³-hybridized carbons (Fsp3) is 0.565. The van der Waals surface area contributed by atoms with Gasteiger partial charge >= 0.3 is 0 Å². The molecule has 1 aromatic carbocycles. The summed E-state index contributed by atoms with van der Waals surface area (Å²) in [5.74, 6) is 0.0558. The molecule has 0 spiro atoms. The molecule has 1 saturated heterocycles. The highest BCUT2D eigenvalue weighted by Crippen LogP contribution is 2.50. The number of benzene rings is 1. The van der Waals surface area contributed by atoms with E-state index < -0.39 is 24.6 Å². The smallest absolute Gasteiger partial charge is 0.122 e. The first-order valence-corrected chi connectivity index (χ1v) is 9.91. The molecule has 1 aliphatic carbocycles. The van der Waals surface area contributed by atoms with E-state index in [0.29, 0.717) is 18.3 Å². The first-order valence-electron chi connectivity index (χ1n) is 9.91. The molecule has 3 aliphatic rings. The molecule has 2 bridgehead atoms. The second-order valence-electron chi connectivity index (χ2n) is 9.38. The molecule has 2 unspecified atom stereocenters. The Morgan fingerprint density at radius 1 is 1.11 bits per heavy atom. The van der Waals surface area contributed by atoms with Gasteiger partial charge in [-0.25, -0.2) is 8.78 Å². The molecule has 146 valence electrons. The van der Waals surface area contributed by atoms with Crippen molar-refractivity contribution in [1.29, 1.82) is 0 Å². The zero-order chi connectivity index (χ0) is 19.3. The molecule has 27 heavy (non-hydrogen) atoms. The van der Waals surface area contributed by atoms with Crippen molar-refractivity contribution in [3.8, 4) is 0 Å². The lowest BCUT2D eigenvalue weighted by atomic mass is 9.75. The molecule has 2 aliphatic heterocycles. The molecule has 4 heteroatoms. The van der Waals surface area contributed by atoms with Crippen molar-refractivity contribution in [3.05, 3.63) is 47.6 Å². The standard InChI is InChI=1S/C23H29F2NO/c1-21(2)7-5-16(6-8-21)19-11-17(3-4-20(19)26)18-12-22(14-24)9-10-23(13-18,15-25)27-22/h3-5,9-11,18H,6-8,12-15,26H2,1-2H3. The SMILES string of the molecule is CC1(C)CC=C(c2cc(C3CC4(CF)C=CC(CF)(C3)O4)ccc2N)CC1. The lowest BCUT2D eigenvalue weighted by Gasteiger charge is -2.42. The van der Waals surface area contributed by atoms with Crippen LogP contribution >= 0.6 is 0 Å². The monoisotopic (exact) mass is 373 g/mol. The fourth-order valence-electron chi connectivity index (χ4n) is 4.82. The number of allylic oxidation sites excluding steroid dienone is 2. The van der Waals surface area contributed by atoms with Crippen LogP contribution in [0.15, 0.2) is 36.4 Å². The van der Waals surface area contributed by atoms with Gasteiger partial charge in [-0.1, -0.05) is 38.1 Å². The molecule has 2 N–H and O–H groups in total. The Morgan fingerprint density at radius 2 is 1.78 bits per heavy atom. The molecular formula is C23H29F2NO. The average molecular weight is 373 g/mol. The lowest BCUT2D eigenvalue weighted by Crippen LogP contribution is -2.46. The van der Waals surface area contributed by atoms with Gasteiger partial charge in [0.2, 0.25) is 0 Å². The largest absolute Gasteiger partial charge is 0.398 e. The van der Waals surface area contributed by atoms with Crippen LogP contribution in [0, 0.1) is 5.41 Å². The molecule has 2 nitrogen and oxygen atoms in total. The van der Waals surface area contributed by atoms with Gasteiger partial charge < -0.3 is 10.5 Å². The van der Waals surface area contributed by atoms with E-state index >= 15 is 0 Å². The molecule has 2 atom stereocenters. The minimum atomic E-state index is -0.981. The van der Waals surface area contributed by atoms with Crippen molar-refractivity contribution < 1.29 is 13.5 Å². The van der Waals surface area contributed by atoms with Crippen LogP contribution in [-0.4, -0.2) is 24.6 Å². The van der Waals surface area contributed by atoms with E-state index in [4.69, 9.17) is 10.5 Å². The van der Waals surface area contributed by atoms with Crippen molar-refractivity contribution in [3.63, 3.8) is 0 Å². The summed E-state index contributed by atoms with van der Waals surface area (Å²) in [6.45, 7) is 3.34. The first-order chi connectivity index (χ1) is 12.8. The Morgan fingerprint density at radius 3 is 2.33 bits per heavy atom. The Balaban J connectivity index is 1.65. The van der Waals surface area contributed by atoms with Gasteiger partial charge in [0.05, 0.1) is 0 Å². The Bertz CT molecular complexity index is 778. The van der Waals surface area contributed by atoms with Crippen LogP contribution in [0.1, 0.15) is 63.0 Å². The molecule has 4 rings (SSSR count). The summed E-state index contributed by atoms with van der Waals surface area (Å²) in [7, 11) is 0. The highest BCUT2D eigenvalue weighted by atomic mass is 19.1. The summed E-state index contributed by atoms with van der Waals surface area (Å²) >= 11 is 0. The van der Waals surface area contributed by atoms with Gasteiger partial charge in [-0.05, 0) is 66.7 Å². The second-order valence-corrected chi connectivity index (χ2v) is 9.38. The van der Waals surface area contributed by atoms with E-state index in [1.54, 1.807) is 12.2 Å². The topological polar surface area (TPSA) is 35.2 Å². The van der Waals surface area contributed by atoms with Crippen molar-refractivity contribution in [2.45, 2.75) is 63.1 Å². The molecule has 0 saturated carbocycles. The molecule has 0 radical (unpaired) electrons. The maximum absolute atomic E-state index is 13.7. The van der Waals surface area contributed by atoms with Gasteiger partial charge in [0.15, 0.2) is 0 Å². The van der Waals surface area contributed by atoms with Crippen LogP contribution in [0.4, 0.5) is 14.5 Å². The first kappa shape index (κ1) is 18.7. The zero-order valence-corrected chi connectivity index (χ0v) is 16.2. The Labute approximate surface area is 160 Å². The summed E-state index contributed by atoms with van der Waals surface area (Å²) in [6, 6.07) is 6.10. The summed E-state index contributed by atoms with van der Waals surface area (Å²) in [6.07, 6.45) is 10.0. The molecule has 1 aromatic rings. The van der Waals surface area contributed by atoms with Gasteiger partial charge in [-0.3, -0.25) is 0 Å². The molecule has 0 aromatic heterocycles. The van der Waals surface area contributed by atoms with E-state index in [-0.39, 0.29) is 5.92 Å². The van der Waals surface area contributed by atoms with Gasteiger partial charge in [0.1, 0.15) is 24.6 Å². The number of rotatable bonds is 4. The van der Waals surface area contributed by atoms with Crippen LogP contribution in [0.5, 0.6) is 0 Å². The van der Waals surface area contributed by atoms with Crippen LogP contribution in [0.25, 0.3) is 5.57 Å². The van der Waals surface area contributed by atoms with E-state index in [0.717, 1.165) is 36.1 Å². The van der Waals surface area contributed by atoms with Crippen LogP contribution < -0.4 is 5.73 Å². The number of alkyl halides is 2. The van der Waals surface area contributed by atoms with E-state index in [1.807, 2.05) is 12.1 Å². The number of halogens is 2. The normalized spacial score (nSPS) is 34.5. The minimum absolute atomic E-state index is 0.0558. The average Bonchev–Trinajstić information content (AvgIpc) is 2.94. The van der Waals surface area contributed by atoms with E-state index in [1.165, 1.54) is 5.57 Å². The van der Waals surface area contributed by atoms with Crippen molar-refractivity contribution in [1.82, 2.24) is 0 Å². The van der Waals surface area contributed by atoms with Gasteiger partial charge in [0, 0.05) is 11.3 Å². The highest BCUT2D eigenvalue weighted by molar-refractivity contribution is 5.76. The van der Waals surface area contributed by atoms with Crippen LogP contribution in [-0.2, 0) is 4.74 Å². The quantitative estimate of drug-likeness (QED) is 0.539. The van der Waals surface area contributed by atoms with Crippen molar-refractivity contribution in [2.75, 3.05) is 19.1 Å². The predicted octanol–water partition coefficient (Wildman–Crippen LogP) is 5.74. The minimum Gasteiger partial charge on any atom is -0.398 e. The van der Waals surface area contributed by atoms with E-state index in [2.05, 4.69) is 26.0 Å². The number of anilines is 1. The number of nitrogens with two attached hydrogens (primary N) is 1. The number of nitrogen functional groups attached to an aromatic ring is 1. The molecular weight excluding hydrogens is 344 g/mol. The predicted molar refractivity (Wildman–Crippen MR) is 106 cm³/mol. The second kappa shape index (κ2) is 6.44. The van der Waals surface area contributed by atoms with Crippen LogP contribution in [0.3, 0.4) is 0 Å². The van der Waals surface area contributed by atoms with Crippen LogP contribution in [0.2, 0.25) is 0 Å². The fourth-order valence-corrected chi connectivity index (χ4v) is 4.82. The maximum Gasteiger partial charge on any atom is 0.122 e. The molecule has 0 amide bonds. The lowest BCUT2D eigenvalue weighted by molar-refractivity contribution is -0.145. The molecule has 1 fully saturated rings. The number of fused-ring (bicyclic) bond motifs is 2. The third-order valence-corrected chi connectivity index (χ3v) is 6.60. The maximum atomic E-state index is 13.7. The third-order valence-electron chi connectivity index (χ3n) is 6.60. The van der Waals surface area contributed by atoms with Gasteiger partial charge in [0.25, 0.3) is 0 Å². The summed E-state index contributed by atoms with van der Waals surface area (Å²) in [5, 5.41) is 0. The van der Waals surface area contributed by atoms with E-state index in [9.17, 15) is 8.78 Å². The van der Waals surface area contributed by atoms with Gasteiger partial charge in [-0.2, -0.15) is 0 Å². The third kappa shape index (κ3) is 3.33. The van der Waals surface area contributed by atoms with Gasteiger partial charge in [-0.15, -0.1) is 0 Å². The highest BCUT2D eigenvalue weighted by Gasteiger charge is 2.52. The number of ether oxygens (including phenoxy) is 1. The summed E-state index contributed by atoms with van der Waals surface area (Å²) in [5.41, 5.74) is 8.92. The Kier molecular flexibility index (Phi) is 4.45. The zero-order valence-electron chi connectivity index (χ0n) is 16.2. The molecule has 2 heterocycles. The summed E-state index contributed by atoms with van der Waals surface area (Å²) in [4.78, 5) is 0. The Hall–Kier alpha value is -1.68. The van der Waals surface area contributed by atoms with Crippen molar-refractivity contribution >= 4 is 11.3 Å².